The van der Waals surface area contributed by atoms with Gasteiger partial charge >= 0.3 is 0 Å². The zero-order valence-corrected chi connectivity index (χ0v) is 6.98. The lowest BCUT2D eigenvalue weighted by molar-refractivity contribution is 0.280. The Morgan fingerprint density at radius 3 is 2.83 bits per heavy atom. The van der Waals surface area contributed by atoms with Gasteiger partial charge in [-0.1, -0.05) is 0 Å². The lowest BCUT2D eigenvalue weighted by Crippen LogP contribution is -2.03. The van der Waals surface area contributed by atoms with Crippen molar-refractivity contribution in [3.8, 4) is 0 Å². The quantitative estimate of drug-likeness (QED) is 0.611. The molecule has 0 radical (unpaired) electrons. The first-order valence-corrected chi connectivity index (χ1v) is 4.09. The van der Waals surface area contributed by atoms with Crippen LogP contribution in [0.15, 0.2) is 6.20 Å². The van der Waals surface area contributed by atoms with Gasteiger partial charge in [-0.25, -0.2) is 0 Å². The molecule has 3 N–H and O–H groups in total. The van der Waals surface area contributed by atoms with Gasteiger partial charge in [0.1, 0.15) is 0 Å². The Balaban J connectivity index is 2.15. The van der Waals surface area contributed by atoms with Gasteiger partial charge in [0.25, 0.3) is 0 Å². The molecule has 1 aromatic rings. The van der Waals surface area contributed by atoms with Crippen molar-refractivity contribution < 1.29 is 5.11 Å². The van der Waals surface area contributed by atoms with E-state index in [0.717, 1.165) is 25.8 Å². The fraction of sp³-hybridized carbons (Fsp3) is 0.714. The summed E-state index contributed by atoms with van der Waals surface area (Å²) in [5.41, 5.74) is 5.37. The van der Waals surface area contributed by atoms with Gasteiger partial charge in [-0.3, -0.25) is 0 Å². The summed E-state index contributed by atoms with van der Waals surface area (Å²) in [4.78, 5) is 1.58. The molecule has 0 fully saturated rings. The van der Waals surface area contributed by atoms with Gasteiger partial charge in [0.2, 0.25) is 0 Å². The van der Waals surface area contributed by atoms with Crippen molar-refractivity contribution in [1.29, 1.82) is 0 Å². The number of aromatic nitrogens is 3. The molecule has 0 unspecified atom stereocenters. The van der Waals surface area contributed by atoms with Crippen molar-refractivity contribution in [2.24, 2.45) is 0 Å². The highest BCUT2D eigenvalue weighted by molar-refractivity contribution is 5.19. The van der Waals surface area contributed by atoms with Crippen LogP contribution in [0.4, 0.5) is 5.82 Å². The molecule has 68 valence electrons. The molecule has 1 aromatic heterocycles. The molecule has 1 rings (SSSR count). The summed E-state index contributed by atoms with van der Waals surface area (Å²) >= 11 is 0. The molecule has 5 nitrogen and oxygen atoms in total. The molecule has 1 heterocycles. The Bertz CT molecular complexity index is 223. The third-order valence-electron chi connectivity index (χ3n) is 1.57. The van der Waals surface area contributed by atoms with Crippen molar-refractivity contribution in [2.75, 3.05) is 12.3 Å². The average Bonchev–Trinajstić information content (AvgIpc) is 2.45. The molecule has 0 aliphatic rings. The van der Waals surface area contributed by atoms with Crippen LogP contribution >= 0.6 is 0 Å². The first-order valence-electron chi connectivity index (χ1n) is 4.09. The number of hydrogen-bond donors (Lipinski definition) is 2. The Kier molecular flexibility index (Phi) is 3.53. The molecule has 12 heavy (non-hydrogen) atoms. The zero-order chi connectivity index (χ0) is 8.81. The van der Waals surface area contributed by atoms with Crippen LogP contribution in [0, 0.1) is 0 Å². The van der Waals surface area contributed by atoms with Gasteiger partial charge in [0.05, 0.1) is 12.7 Å². The highest BCUT2D eigenvalue weighted by atomic mass is 16.2. The van der Waals surface area contributed by atoms with Gasteiger partial charge in [0, 0.05) is 6.61 Å². The summed E-state index contributed by atoms with van der Waals surface area (Å²) in [6.07, 6.45) is 4.36. The van der Waals surface area contributed by atoms with Crippen LogP contribution in [0.1, 0.15) is 19.3 Å². The van der Waals surface area contributed by atoms with E-state index in [1.165, 1.54) is 6.20 Å². The lowest BCUT2D eigenvalue weighted by Gasteiger charge is -1.97. The summed E-state index contributed by atoms with van der Waals surface area (Å²) in [6, 6.07) is 0. The molecule has 0 aliphatic carbocycles. The second kappa shape index (κ2) is 4.71. The largest absolute Gasteiger partial charge is 0.396 e. The molecule has 0 spiro atoms. The number of nitrogen functional groups attached to an aromatic ring is 1. The van der Waals surface area contributed by atoms with Crippen LogP contribution in [0.5, 0.6) is 0 Å². The van der Waals surface area contributed by atoms with Crippen LogP contribution in [0.25, 0.3) is 0 Å². The monoisotopic (exact) mass is 170 g/mol. The summed E-state index contributed by atoms with van der Waals surface area (Å²) in [7, 11) is 0. The van der Waals surface area contributed by atoms with Gasteiger partial charge < -0.3 is 10.8 Å². The topological polar surface area (TPSA) is 77.0 Å². The van der Waals surface area contributed by atoms with Gasteiger partial charge in [-0.05, 0) is 19.3 Å². The standard InChI is InChI=1S/C7H14N4O/c8-7-6-9-11(10-7)4-2-1-3-5-12/h6,12H,1-5H2,(H2,8,10). The molecular formula is C7H14N4O. The van der Waals surface area contributed by atoms with E-state index in [1.54, 1.807) is 4.80 Å². The smallest absolute Gasteiger partial charge is 0.165 e. The van der Waals surface area contributed by atoms with Crippen LogP contribution in [-0.2, 0) is 6.54 Å². The Morgan fingerprint density at radius 1 is 1.42 bits per heavy atom. The highest BCUT2D eigenvalue weighted by Crippen LogP contribution is 1.97. The second-order valence-electron chi connectivity index (χ2n) is 2.65. The molecule has 0 amide bonds. The molecule has 0 atom stereocenters. The van der Waals surface area contributed by atoms with Crippen molar-refractivity contribution in [3.05, 3.63) is 6.20 Å². The fourth-order valence-electron chi connectivity index (χ4n) is 0.960. The number of unbranched alkanes of at least 4 members (excludes halogenated alkanes) is 2. The SMILES string of the molecule is Nc1cnn(CCCCCO)n1. The van der Waals surface area contributed by atoms with Crippen LogP contribution < -0.4 is 5.73 Å². The number of anilines is 1. The van der Waals surface area contributed by atoms with E-state index in [4.69, 9.17) is 10.8 Å². The highest BCUT2D eigenvalue weighted by Gasteiger charge is 1.94. The number of rotatable bonds is 5. The molecule has 0 saturated heterocycles. The third-order valence-corrected chi connectivity index (χ3v) is 1.57. The number of hydrogen-bond acceptors (Lipinski definition) is 4. The maximum Gasteiger partial charge on any atom is 0.165 e. The average molecular weight is 170 g/mol. The summed E-state index contributed by atoms with van der Waals surface area (Å²) in [5.74, 6) is 0.456. The summed E-state index contributed by atoms with van der Waals surface area (Å²) < 4.78 is 0. The first kappa shape index (κ1) is 8.99. The van der Waals surface area contributed by atoms with E-state index < -0.39 is 0 Å². The maximum absolute atomic E-state index is 8.51. The zero-order valence-electron chi connectivity index (χ0n) is 6.98. The normalized spacial score (nSPS) is 10.4. The summed E-state index contributed by atoms with van der Waals surface area (Å²) in [5, 5.41) is 16.4. The Morgan fingerprint density at radius 2 is 2.25 bits per heavy atom. The fourth-order valence-corrected chi connectivity index (χ4v) is 0.960. The number of aliphatic hydroxyl groups excluding tert-OH is 1. The Labute approximate surface area is 71.2 Å². The van der Waals surface area contributed by atoms with Gasteiger partial charge in [-0.2, -0.15) is 9.90 Å². The van der Waals surface area contributed by atoms with Crippen molar-refractivity contribution in [1.82, 2.24) is 15.0 Å². The molecule has 0 bridgehead atoms. The van der Waals surface area contributed by atoms with E-state index in [-0.39, 0.29) is 6.61 Å². The molecular weight excluding hydrogens is 156 g/mol. The Hall–Kier alpha value is -1.10. The van der Waals surface area contributed by atoms with E-state index in [2.05, 4.69) is 10.2 Å². The van der Waals surface area contributed by atoms with Crippen LogP contribution in [0.3, 0.4) is 0 Å². The van der Waals surface area contributed by atoms with Crippen molar-refractivity contribution >= 4 is 5.82 Å². The number of aliphatic hydroxyl groups is 1. The number of aryl methyl sites for hydroxylation is 1. The minimum atomic E-state index is 0.259. The number of nitrogens with two attached hydrogens (primary N) is 1. The van der Waals surface area contributed by atoms with E-state index in [1.807, 2.05) is 0 Å². The third kappa shape index (κ3) is 2.87. The lowest BCUT2D eigenvalue weighted by atomic mass is 10.2. The molecule has 0 aliphatic heterocycles. The molecule has 5 heteroatoms. The number of nitrogens with zero attached hydrogens (tertiary/aromatic N) is 3. The van der Waals surface area contributed by atoms with E-state index >= 15 is 0 Å². The van der Waals surface area contributed by atoms with Crippen LogP contribution in [0.2, 0.25) is 0 Å². The van der Waals surface area contributed by atoms with Crippen LogP contribution in [-0.4, -0.2) is 26.7 Å². The predicted octanol–water partition coefficient (Wildman–Crippen LogP) is 0.0229. The minimum Gasteiger partial charge on any atom is -0.396 e. The van der Waals surface area contributed by atoms with Gasteiger partial charge in [0.15, 0.2) is 5.82 Å². The van der Waals surface area contributed by atoms with Gasteiger partial charge in [-0.15, -0.1) is 5.10 Å². The van der Waals surface area contributed by atoms with Crippen molar-refractivity contribution in [3.63, 3.8) is 0 Å². The van der Waals surface area contributed by atoms with E-state index in [0.29, 0.717) is 5.82 Å². The van der Waals surface area contributed by atoms with E-state index in [9.17, 15) is 0 Å². The minimum absolute atomic E-state index is 0.259. The second-order valence-corrected chi connectivity index (χ2v) is 2.65. The molecule has 0 saturated carbocycles. The molecule has 0 aromatic carbocycles. The first-order chi connectivity index (χ1) is 5.83. The summed E-state index contributed by atoms with van der Waals surface area (Å²) in [6.45, 7) is 1.03. The predicted molar refractivity (Wildman–Crippen MR) is 45.4 cm³/mol. The maximum atomic E-state index is 8.51. The van der Waals surface area contributed by atoms with Crippen molar-refractivity contribution in [2.45, 2.75) is 25.8 Å².